The van der Waals surface area contributed by atoms with Crippen LogP contribution in [0.25, 0.3) is 11.1 Å². The lowest BCUT2D eigenvalue weighted by Crippen LogP contribution is -2.49. The molecule has 2 aromatic carbocycles. The molecule has 0 spiro atoms. The molecule has 0 fully saturated rings. The van der Waals surface area contributed by atoms with Crippen molar-refractivity contribution in [3.63, 3.8) is 0 Å². The van der Waals surface area contributed by atoms with E-state index < -0.39 is 30.1 Å². The number of alkyl carbamates (subject to hydrolysis) is 1. The fourth-order valence-corrected chi connectivity index (χ4v) is 4.06. The summed E-state index contributed by atoms with van der Waals surface area (Å²) in [5.41, 5.74) is 6.54. The average Bonchev–Trinajstić information content (AvgIpc) is 3.16. The van der Waals surface area contributed by atoms with Gasteiger partial charge >= 0.3 is 12.1 Å². The fraction of sp³-hybridized carbons (Fsp3) is 0.423. The Kier molecular flexibility index (Phi) is 9.22. The maximum atomic E-state index is 12.7. The number of aliphatic carboxylic acids is 1. The number of carbonyl (C=O) groups is 3. The summed E-state index contributed by atoms with van der Waals surface area (Å²) in [6.45, 7) is 3.87. The SMILES string of the molecule is COCC(ONC(=O)C(CCC(C)C)NC(=O)OCC1c2ccccc2-c2ccccc21)C(=O)O. The Morgan fingerprint density at radius 3 is 2.11 bits per heavy atom. The van der Waals surface area contributed by atoms with Gasteiger partial charge < -0.3 is 19.9 Å². The minimum absolute atomic E-state index is 0.107. The Morgan fingerprint density at radius 2 is 1.57 bits per heavy atom. The van der Waals surface area contributed by atoms with Crippen LogP contribution in [0.15, 0.2) is 48.5 Å². The van der Waals surface area contributed by atoms with Gasteiger partial charge in [-0.1, -0.05) is 62.4 Å². The molecule has 0 radical (unpaired) electrons. The molecule has 2 unspecified atom stereocenters. The van der Waals surface area contributed by atoms with Crippen molar-refractivity contribution in [1.82, 2.24) is 10.8 Å². The largest absolute Gasteiger partial charge is 0.479 e. The number of hydrogen-bond acceptors (Lipinski definition) is 6. The molecule has 35 heavy (non-hydrogen) atoms. The van der Waals surface area contributed by atoms with Gasteiger partial charge in [-0.2, -0.15) is 0 Å². The zero-order valence-electron chi connectivity index (χ0n) is 20.2. The zero-order chi connectivity index (χ0) is 25.4. The van der Waals surface area contributed by atoms with Gasteiger partial charge in [-0.25, -0.2) is 15.1 Å². The van der Waals surface area contributed by atoms with Crippen molar-refractivity contribution in [2.24, 2.45) is 5.92 Å². The number of benzene rings is 2. The lowest BCUT2D eigenvalue weighted by atomic mass is 9.98. The van der Waals surface area contributed by atoms with Crippen LogP contribution in [0.1, 0.15) is 43.7 Å². The van der Waals surface area contributed by atoms with E-state index in [1.165, 1.54) is 7.11 Å². The van der Waals surface area contributed by atoms with Gasteiger partial charge in [-0.05, 0) is 41.0 Å². The Morgan fingerprint density at radius 1 is 0.971 bits per heavy atom. The average molecular weight is 485 g/mol. The maximum absolute atomic E-state index is 12.7. The van der Waals surface area contributed by atoms with Gasteiger partial charge in [0.2, 0.25) is 6.10 Å². The Labute approximate surface area is 204 Å². The van der Waals surface area contributed by atoms with Crippen molar-refractivity contribution < 1.29 is 33.8 Å². The first-order chi connectivity index (χ1) is 16.8. The van der Waals surface area contributed by atoms with Crippen LogP contribution >= 0.6 is 0 Å². The number of hydroxylamine groups is 1. The number of ether oxygens (including phenoxy) is 2. The Balaban J connectivity index is 1.62. The van der Waals surface area contributed by atoms with Crippen LogP contribution in [0.4, 0.5) is 4.79 Å². The molecule has 188 valence electrons. The van der Waals surface area contributed by atoms with E-state index in [9.17, 15) is 14.4 Å². The molecule has 3 rings (SSSR count). The van der Waals surface area contributed by atoms with Gasteiger partial charge in [0.1, 0.15) is 12.6 Å². The quantitative estimate of drug-likeness (QED) is 0.394. The third-order valence-corrected chi connectivity index (χ3v) is 5.88. The summed E-state index contributed by atoms with van der Waals surface area (Å²) in [6, 6.07) is 15.1. The minimum Gasteiger partial charge on any atom is -0.479 e. The smallest absolute Gasteiger partial charge is 0.407 e. The van der Waals surface area contributed by atoms with E-state index in [0.717, 1.165) is 22.3 Å². The molecule has 2 aromatic rings. The van der Waals surface area contributed by atoms with Gasteiger partial charge in [0.25, 0.3) is 5.91 Å². The predicted molar refractivity (Wildman–Crippen MR) is 129 cm³/mol. The van der Waals surface area contributed by atoms with Crippen LogP contribution in [0, 0.1) is 5.92 Å². The number of methoxy groups -OCH3 is 1. The summed E-state index contributed by atoms with van der Waals surface area (Å²) in [4.78, 5) is 41.5. The lowest BCUT2D eigenvalue weighted by Gasteiger charge is -2.21. The maximum Gasteiger partial charge on any atom is 0.407 e. The number of carboxylic acids is 1. The third kappa shape index (κ3) is 6.80. The fourth-order valence-electron chi connectivity index (χ4n) is 4.06. The van der Waals surface area contributed by atoms with Crippen molar-refractivity contribution in [1.29, 1.82) is 0 Å². The van der Waals surface area contributed by atoms with Gasteiger partial charge in [0.15, 0.2) is 0 Å². The molecule has 2 amide bonds. The zero-order valence-corrected chi connectivity index (χ0v) is 20.2. The van der Waals surface area contributed by atoms with E-state index in [-0.39, 0.29) is 25.0 Å². The van der Waals surface area contributed by atoms with Crippen LogP contribution in [-0.2, 0) is 23.9 Å². The summed E-state index contributed by atoms with van der Waals surface area (Å²) < 4.78 is 10.3. The molecular formula is C26H32N2O7. The molecule has 2 atom stereocenters. The predicted octanol–water partition coefficient (Wildman–Crippen LogP) is 3.48. The minimum atomic E-state index is -1.37. The second-order valence-corrected chi connectivity index (χ2v) is 8.86. The summed E-state index contributed by atoms with van der Waals surface area (Å²) >= 11 is 0. The topological polar surface area (TPSA) is 123 Å². The molecule has 0 aromatic heterocycles. The van der Waals surface area contributed by atoms with E-state index in [1.807, 2.05) is 50.2 Å². The van der Waals surface area contributed by atoms with Crippen molar-refractivity contribution in [3.8, 4) is 11.1 Å². The standard InChI is InChI=1S/C26H32N2O7/c1-16(2)12-13-22(24(29)28-35-23(15-33-3)25(30)31)27-26(32)34-14-21-19-10-6-4-8-17(19)18-9-5-7-11-20(18)21/h4-11,16,21-23H,12-15H2,1-3H3,(H,27,32)(H,28,29)(H,30,31). The van der Waals surface area contributed by atoms with Gasteiger partial charge in [-0.15, -0.1) is 0 Å². The van der Waals surface area contributed by atoms with E-state index in [1.54, 1.807) is 0 Å². The van der Waals surface area contributed by atoms with E-state index in [2.05, 4.69) is 22.9 Å². The molecule has 3 N–H and O–H groups in total. The molecule has 1 aliphatic carbocycles. The van der Waals surface area contributed by atoms with Gasteiger partial charge in [0, 0.05) is 13.0 Å². The molecule has 0 heterocycles. The van der Waals surface area contributed by atoms with E-state index in [4.69, 9.17) is 19.4 Å². The molecule has 0 saturated heterocycles. The summed E-state index contributed by atoms with van der Waals surface area (Å²) in [5, 5.41) is 11.7. The second kappa shape index (κ2) is 12.3. The molecule has 9 heteroatoms. The number of rotatable bonds is 12. The highest BCUT2D eigenvalue weighted by Crippen LogP contribution is 2.44. The Bertz CT molecular complexity index is 994. The van der Waals surface area contributed by atoms with E-state index >= 15 is 0 Å². The first-order valence-electron chi connectivity index (χ1n) is 11.6. The molecule has 0 bridgehead atoms. The number of hydrogen-bond donors (Lipinski definition) is 3. The highest BCUT2D eigenvalue weighted by molar-refractivity contribution is 5.85. The normalized spacial score (nSPS) is 14.1. The van der Waals surface area contributed by atoms with Crippen molar-refractivity contribution in [2.45, 2.75) is 44.8 Å². The summed E-state index contributed by atoms with van der Waals surface area (Å²) in [7, 11) is 1.32. The highest BCUT2D eigenvalue weighted by atomic mass is 16.7. The number of nitrogens with one attached hydrogen (secondary N) is 2. The van der Waals surface area contributed by atoms with E-state index in [0.29, 0.717) is 12.8 Å². The number of carboxylic acid groups (broad SMARTS) is 1. The molecule has 0 aliphatic heterocycles. The monoisotopic (exact) mass is 484 g/mol. The highest BCUT2D eigenvalue weighted by Gasteiger charge is 2.30. The van der Waals surface area contributed by atoms with Crippen LogP contribution in [0.5, 0.6) is 0 Å². The lowest BCUT2D eigenvalue weighted by molar-refractivity contribution is -0.165. The second-order valence-electron chi connectivity index (χ2n) is 8.86. The van der Waals surface area contributed by atoms with Crippen molar-refractivity contribution >= 4 is 18.0 Å². The van der Waals surface area contributed by atoms with Gasteiger partial charge in [0.05, 0.1) is 6.61 Å². The van der Waals surface area contributed by atoms with Crippen LogP contribution in [-0.4, -0.2) is 55.5 Å². The molecular weight excluding hydrogens is 452 g/mol. The molecule has 1 aliphatic rings. The van der Waals surface area contributed by atoms with Crippen molar-refractivity contribution in [2.75, 3.05) is 20.3 Å². The number of carbonyl (C=O) groups excluding carboxylic acids is 2. The first kappa shape index (κ1) is 26.2. The van der Waals surface area contributed by atoms with Crippen LogP contribution < -0.4 is 10.8 Å². The van der Waals surface area contributed by atoms with Gasteiger partial charge in [-0.3, -0.25) is 9.63 Å². The van der Waals surface area contributed by atoms with Crippen LogP contribution in [0.3, 0.4) is 0 Å². The molecule has 0 saturated carbocycles. The van der Waals surface area contributed by atoms with Crippen LogP contribution in [0.2, 0.25) is 0 Å². The Hall–Kier alpha value is -3.43. The first-order valence-corrected chi connectivity index (χ1v) is 11.6. The summed E-state index contributed by atoms with van der Waals surface area (Å²) in [6.07, 6.45) is -1.12. The van der Waals surface area contributed by atoms with Crippen molar-refractivity contribution in [3.05, 3.63) is 59.7 Å². The molecule has 9 nitrogen and oxygen atoms in total. The number of amides is 2. The third-order valence-electron chi connectivity index (χ3n) is 5.88. The number of fused-ring (bicyclic) bond motifs is 3. The summed E-state index contributed by atoms with van der Waals surface area (Å²) in [5.74, 6) is -1.77.